The van der Waals surface area contributed by atoms with Crippen LogP contribution in [0.15, 0.2) is 42.9 Å². The molecular weight excluding hydrogens is 316 g/mol. The summed E-state index contributed by atoms with van der Waals surface area (Å²) >= 11 is 0. The Morgan fingerprint density at radius 1 is 1.16 bits per heavy atom. The Morgan fingerprint density at radius 2 is 2.00 bits per heavy atom. The first-order chi connectivity index (χ1) is 12.4. The number of nitrogens with zero attached hydrogens (tertiary/aromatic N) is 4. The van der Waals surface area contributed by atoms with Gasteiger partial charge < -0.3 is 15.0 Å². The summed E-state index contributed by atoms with van der Waals surface area (Å²) in [5.74, 6) is 1.90. The minimum atomic E-state index is 0.525. The van der Waals surface area contributed by atoms with Gasteiger partial charge in [-0.05, 0) is 25.0 Å². The molecule has 0 atom stereocenters. The molecule has 1 aliphatic heterocycles. The van der Waals surface area contributed by atoms with Crippen LogP contribution in [0, 0.1) is 0 Å². The summed E-state index contributed by atoms with van der Waals surface area (Å²) in [5, 5.41) is 11.6. The summed E-state index contributed by atoms with van der Waals surface area (Å²) in [6.07, 6.45) is 5.58. The topological polar surface area (TPSA) is 79.0 Å². The molecule has 0 amide bonds. The van der Waals surface area contributed by atoms with Gasteiger partial charge in [0.25, 0.3) is 0 Å². The fourth-order valence-electron chi connectivity index (χ4n) is 3.25. The van der Waals surface area contributed by atoms with Crippen LogP contribution in [0.25, 0.3) is 11.0 Å². The lowest BCUT2D eigenvalue weighted by molar-refractivity contribution is 0.296. The molecule has 0 unspecified atom stereocenters. The van der Waals surface area contributed by atoms with Crippen LogP contribution in [0.2, 0.25) is 0 Å². The predicted molar refractivity (Wildman–Crippen MR) is 96.9 cm³/mol. The van der Waals surface area contributed by atoms with Crippen LogP contribution in [0.1, 0.15) is 12.8 Å². The Labute approximate surface area is 146 Å². The molecular formula is C18H22N6O. The monoisotopic (exact) mass is 338 g/mol. The van der Waals surface area contributed by atoms with E-state index in [2.05, 4.69) is 30.4 Å². The third-order valence-corrected chi connectivity index (χ3v) is 4.57. The quantitative estimate of drug-likeness (QED) is 0.669. The number of hydrogen-bond donors (Lipinski definition) is 2. The van der Waals surface area contributed by atoms with Crippen LogP contribution < -0.4 is 15.0 Å². The largest absolute Gasteiger partial charge is 0.492 e. The molecule has 25 heavy (non-hydrogen) atoms. The Kier molecular flexibility index (Phi) is 4.74. The van der Waals surface area contributed by atoms with Crippen molar-refractivity contribution in [1.82, 2.24) is 25.5 Å². The number of aromatic amines is 1. The molecule has 0 bridgehead atoms. The smallest absolute Gasteiger partial charge is 0.160 e. The first kappa shape index (κ1) is 15.8. The van der Waals surface area contributed by atoms with Crippen molar-refractivity contribution in [2.75, 3.05) is 31.1 Å². The number of nitrogens with one attached hydrogen (secondary N) is 2. The van der Waals surface area contributed by atoms with E-state index in [1.54, 1.807) is 12.5 Å². The van der Waals surface area contributed by atoms with Crippen LogP contribution in [0.5, 0.6) is 5.75 Å². The number of piperidine rings is 1. The van der Waals surface area contributed by atoms with Crippen molar-refractivity contribution in [3.63, 3.8) is 0 Å². The van der Waals surface area contributed by atoms with E-state index in [9.17, 15) is 0 Å². The van der Waals surface area contributed by atoms with Gasteiger partial charge in [-0.15, -0.1) is 0 Å². The second kappa shape index (κ2) is 7.48. The van der Waals surface area contributed by atoms with Gasteiger partial charge in [0.05, 0.1) is 11.6 Å². The van der Waals surface area contributed by atoms with E-state index in [1.807, 2.05) is 30.3 Å². The number of para-hydroxylation sites is 1. The Bertz CT molecular complexity index is 797. The fraction of sp³-hybridized carbons (Fsp3) is 0.389. The van der Waals surface area contributed by atoms with E-state index >= 15 is 0 Å². The van der Waals surface area contributed by atoms with Crippen LogP contribution in [-0.2, 0) is 0 Å². The van der Waals surface area contributed by atoms with E-state index in [-0.39, 0.29) is 0 Å². The highest BCUT2D eigenvalue weighted by atomic mass is 16.5. The molecule has 0 aliphatic carbocycles. The molecule has 1 fully saturated rings. The van der Waals surface area contributed by atoms with Gasteiger partial charge in [-0.1, -0.05) is 18.2 Å². The third-order valence-electron chi connectivity index (χ3n) is 4.57. The first-order valence-electron chi connectivity index (χ1n) is 8.70. The summed E-state index contributed by atoms with van der Waals surface area (Å²) in [5.41, 5.74) is 0.795. The third kappa shape index (κ3) is 3.71. The van der Waals surface area contributed by atoms with Crippen LogP contribution in [-0.4, -0.2) is 52.4 Å². The van der Waals surface area contributed by atoms with Crippen molar-refractivity contribution in [3.05, 3.63) is 42.9 Å². The number of ether oxygens (including phenoxy) is 1. The Hall–Kier alpha value is -2.67. The fourth-order valence-corrected chi connectivity index (χ4v) is 3.25. The van der Waals surface area contributed by atoms with Gasteiger partial charge in [-0.3, -0.25) is 5.10 Å². The summed E-state index contributed by atoms with van der Waals surface area (Å²) in [6.45, 7) is 3.51. The van der Waals surface area contributed by atoms with E-state index in [1.165, 1.54) is 0 Å². The van der Waals surface area contributed by atoms with Gasteiger partial charge in [0, 0.05) is 25.7 Å². The number of anilines is 1. The summed E-state index contributed by atoms with van der Waals surface area (Å²) < 4.78 is 5.73. The summed E-state index contributed by atoms with van der Waals surface area (Å²) in [4.78, 5) is 11.0. The standard InChI is InChI=1S/C18H22N6O/c1-2-4-15(5-3-1)25-11-8-19-14-6-9-24(10-7-14)18-16-12-22-23-17(16)20-13-21-18/h1-5,12-14,19H,6-11H2,(H,20,21,22,23). The highest BCUT2D eigenvalue weighted by Gasteiger charge is 2.21. The lowest BCUT2D eigenvalue weighted by atomic mass is 10.0. The van der Waals surface area contributed by atoms with Crippen molar-refractivity contribution in [1.29, 1.82) is 0 Å². The average molecular weight is 338 g/mol. The number of hydrogen-bond acceptors (Lipinski definition) is 6. The van der Waals surface area contributed by atoms with Crippen LogP contribution >= 0.6 is 0 Å². The second-order valence-corrected chi connectivity index (χ2v) is 6.21. The van der Waals surface area contributed by atoms with Crippen LogP contribution in [0.4, 0.5) is 5.82 Å². The van der Waals surface area contributed by atoms with Gasteiger partial charge in [0.2, 0.25) is 0 Å². The highest BCUT2D eigenvalue weighted by Crippen LogP contribution is 2.24. The van der Waals surface area contributed by atoms with E-state index < -0.39 is 0 Å². The molecule has 1 aliphatic rings. The van der Waals surface area contributed by atoms with Gasteiger partial charge in [-0.2, -0.15) is 5.10 Å². The van der Waals surface area contributed by atoms with Crippen molar-refractivity contribution >= 4 is 16.9 Å². The number of fused-ring (bicyclic) bond motifs is 1. The predicted octanol–water partition coefficient (Wildman–Crippen LogP) is 1.99. The minimum Gasteiger partial charge on any atom is -0.492 e. The average Bonchev–Trinajstić information content (AvgIpc) is 3.15. The molecule has 1 saturated heterocycles. The molecule has 2 N–H and O–H groups in total. The normalized spacial score (nSPS) is 15.6. The molecule has 7 heteroatoms. The zero-order valence-electron chi connectivity index (χ0n) is 14.1. The highest BCUT2D eigenvalue weighted by molar-refractivity contribution is 5.86. The molecule has 0 saturated carbocycles. The second-order valence-electron chi connectivity index (χ2n) is 6.21. The maximum atomic E-state index is 5.73. The molecule has 0 radical (unpaired) electrons. The molecule has 3 heterocycles. The maximum absolute atomic E-state index is 5.73. The molecule has 4 rings (SSSR count). The van der Waals surface area contributed by atoms with Crippen molar-refractivity contribution in [2.45, 2.75) is 18.9 Å². The van der Waals surface area contributed by atoms with Gasteiger partial charge >= 0.3 is 0 Å². The van der Waals surface area contributed by atoms with Gasteiger partial charge in [-0.25, -0.2) is 9.97 Å². The van der Waals surface area contributed by atoms with E-state index in [0.717, 1.165) is 55.1 Å². The molecule has 2 aromatic heterocycles. The number of aromatic nitrogens is 4. The molecule has 7 nitrogen and oxygen atoms in total. The zero-order chi connectivity index (χ0) is 16.9. The number of H-pyrrole nitrogens is 1. The first-order valence-corrected chi connectivity index (χ1v) is 8.70. The zero-order valence-corrected chi connectivity index (χ0v) is 14.1. The molecule has 130 valence electrons. The Morgan fingerprint density at radius 3 is 2.84 bits per heavy atom. The lowest BCUT2D eigenvalue weighted by Crippen LogP contribution is -2.44. The van der Waals surface area contributed by atoms with Crippen molar-refractivity contribution in [2.24, 2.45) is 0 Å². The van der Waals surface area contributed by atoms with E-state index in [4.69, 9.17) is 4.74 Å². The van der Waals surface area contributed by atoms with Crippen LogP contribution in [0.3, 0.4) is 0 Å². The summed E-state index contributed by atoms with van der Waals surface area (Å²) in [6, 6.07) is 10.5. The number of benzene rings is 1. The Balaban J connectivity index is 1.24. The summed E-state index contributed by atoms with van der Waals surface area (Å²) in [7, 11) is 0. The minimum absolute atomic E-state index is 0.525. The lowest BCUT2D eigenvalue weighted by Gasteiger charge is -2.33. The maximum Gasteiger partial charge on any atom is 0.160 e. The molecule has 1 aromatic carbocycles. The molecule has 0 spiro atoms. The van der Waals surface area contributed by atoms with Crippen molar-refractivity contribution in [3.8, 4) is 5.75 Å². The van der Waals surface area contributed by atoms with Crippen molar-refractivity contribution < 1.29 is 4.74 Å². The molecule has 3 aromatic rings. The number of rotatable bonds is 6. The van der Waals surface area contributed by atoms with Gasteiger partial charge in [0.1, 0.15) is 24.5 Å². The van der Waals surface area contributed by atoms with Gasteiger partial charge in [0.15, 0.2) is 5.65 Å². The van der Waals surface area contributed by atoms with E-state index in [0.29, 0.717) is 12.6 Å². The SMILES string of the molecule is c1ccc(OCCNC2CCN(c3ncnc4[nH]ncc34)CC2)cc1.